The summed E-state index contributed by atoms with van der Waals surface area (Å²) in [5.74, 6) is -0.177. The smallest absolute Gasteiger partial charge is 0.244 e. The normalized spacial score (nSPS) is 12.2. The van der Waals surface area contributed by atoms with Gasteiger partial charge in [-0.3, -0.25) is 4.79 Å². The Balaban J connectivity index is 1.93. The lowest BCUT2D eigenvalue weighted by Crippen LogP contribution is -2.28. The fourth-order valence-corrected chi connectivity index (χ4v) is 2.24. The van der Waals surface area contributed by atoms with Crippen molar-refractivity contribution in [2.24, 2.45) is 0 Å². The van der Waals surface area contributed by atoms with Gasteiger partial charge in [-0.25, -0.2) is 0 Å². The van der Waals surface area contributed by atoms with Gasteiger partial charge >= 0.3 is 0 Å². The standard InChI is InChI=1S/C20H23NO3/c1-16-7-10-18(11-8-16)19(24-14-13-22)15-21-20(23)12-9-17-5-3-2-4-6-17/h2-12,19,22H,13-15H2,1H3,(H,21,23)/b12-9+/t19-/m1/s1. The van der Waals surface area contributed by atoms with Crippen molar-refractivity contribution in [3.8, 4) is 0 Å². The van der Waals surface area contributed by atoms with E-state index in [1.54, 1.807) is 6.08 Å². The number of rotatable bonds is 8. The van der Waals surface area contributed by atoms with Crippen LogP contribution in [0.2, 0.25) is 0 Å². The predicted molar refractivity (Wildman–Crippen MR) is 95.4 cm³/mol. The molecule has 2 rings (SSSR count). The molecule has 4 nitrogen and oxygen atoms in total. The van der Waals surface area contributed by atoms with Crippen LogP contribution in [0.3, 0.4) is 0 Å². The topological polar surface area (TPSA) is 58.6 Å². The van der Waals surface area contributed by atoms with E-state index in [1.807, 2.05) is 61.5 Å². The largest absolute Gasteiger partial charge is 0.394 e. The molecule has 1 amide bonds. The zero-order chi connectivity index (χ0) is 17.2. The molecule has 0 spiro atoms. The highest BCUT2D eigenvalue weighted by Gasteiger charge is 2.12. The molecular weight excluding hydrogens is 302 g/mol. The average molecular weight is 325 g/mol. The maximum absolute atomic E-state index is 12.0. The summed E-state index contributed by atoms with van der Waals surface area (Å²) in [4.78, 5) is 12.0. The van der Waals surface area contributed by atoms with E-state index in [-0.39, 0.29) is 25.2 Å². The summed E-state index contributed by atoms with van der Waals surface area (Å²) < 4.78 is 5.64. The molecular formula is C20H23NO3. The molecule has 0 saturated heterocycles. The summed E-state index contributed by atoms with van der Waals surface area (Å²) in [5.41, 5.74) is 3.11. The van der Waals surface area contributed by atoms with Crippen LogP contribution in [0, 0.1) is 6.92 Å². The van der Waals surface area contributed by atoms with Crippen LogP contribution in [-0.4, -0.2) is 30.8 Å². The second-order valence-corrected chi connectivity index (χ2v) is 5.48. The Bertz CT molecular complexity index is 650. The number of nitrogens with one attached hydrogen (secondary N) is 1. The first-order chi connectivity index (χ1) is 11.7. The number of aliphatic hydroxyl groups excluding tert-OH is 1. The van der Waals surface area contributed by atoms with Gasteiger partial charge in [0.15, 0.2) is 0 Å². The average Bonchev–Trinajstić information content (AvgIpc) is 2.62. The van der Waals surface area contributed by atoms with E-state index in [1.165, 1.54) is 6.08 Å². The monoisotopic (exact) mass is 325 g/mol. The maximum atomic E-state index is 12.0. The summed E-state index contributed by atoms with van der Waals surface area (Å²) in [6.07, 6.45) is 2.99. The molecule has 0 aliphatic carbocycles. The van der Waals surface area contributed by atoms with Gasteiger partial charge in [-0.1, -0.05) is 60.2 Å². The summed E-state index contributed by atoms with van der Waals surface area (Å²) in [5, 5.41) is 11.8. The Morgan fingerprint density at radius 2 is 1.88 bits per heavy atom. The summed E-state index contributed by atoms with van der Waals surface area (Å²) >= 11 is 0. The first-order valence-corrected chi connectivity index (χ1v) is 7.99. The molecule has 24 heavy (non-hydrogen) atoms. The second kappa shape index (κ2) is 9.65. The van der Waals surface area contributed by atoms with Crippen molar-refractivity contribution in [1.29, 1.82) is 0 Å². The van der Waals surface area contributed by atoms with Gasteiger partial charge in [-0.05, 0) is 24.1 Å². The van der Waals surface area contributed by atoms with Crippen LogP contribution in [0.15, 0.2) is 60.7 Å². The third kappa shape index (κ3) is 5.99. The molecule has 126 valence electrons. The predicted octanol–water partition coefficient (Wildman–Crippen LogP) is 2.87. The van der Waals surface area contributed by atoms with Gasteiger partial charge in [-0.15, -0.1) is 0 Å². The van der Waals surface area contributed by atoms with E-state index >= 15 is 0 Å². The van der Waals surface area contributed by atoms with Crippen molar-refractivity contribution in [2.75, 3.05) is 19.8 Å². The van der Waals surface area contributed by atoms with Crippen LogP contribution in [-0.2, 0) is 9.53 Å². The lowest BCUT2D eigenvalue weighted by Gasteiger charge is -2.18. The fraction of sp³-hybridized carbons (Fsp3) is 0.250. The number of aliphatic hydroxyl groups is 1. The van der Waals surface area contributed by atoms with Crippen molar-refractivity contribution in [1.82, 2.24) is 5.32 Å². The van der Waals surface area contributed by atoms with E-state index in [0.29, 0.717) is 6.54 Å². The van der Waals surface area contributed by atoms with Crippen LogP contribution in [0.1, 0.15) is 22.8 Å². The van der Waals surface area contributed by atoms with Crippen LogP contribution in [0.25, 0.3) is 6.08 Å². The van der Waals surface area contributed by atoms with E-state index in [9.17, 15) is 4.79 Å². The summed E-state index contributed by atoms with van der Waals surface area (Å²) in [7, 11) is 0. The van der Waals surface area contributed by atoms with Crippen molar-refractivity contribution in [2.45, 2.75) is 13.0 Å². The zero-order valence-corrected chi connectivity index (χ0v) is 13.8. The van der Waals surface area contributed by atoms with Gasteiger partial charge in [0.05, 0.1) is 19.3 Å². The summed E-state index contributed by atoms with van der Waals surface area (Å²) in [6, 6.07) is 17.6. The third-order valence-corrected chi connectivity index (χ3v) is 3.55. The van der Waals surface area contributed by atoms with E-state index in [2.05, 4.69) is 5.32 Å². The first-order valence-electron chi connectivity index (χ1n) is 7.99. The molecule has 2 aromatic carbocycles. The molecule has 0 radical (unpaired) electrons. The summed E-state index contributed by atoms with van der Waals surface area (Å²) in [6.45, 7) is 2.54. The Morgan fingerprint density at radius 3 is 2.54 bits per heavy atom. The molecule has 0 aliphatic rings. The molecule has 0 saturated carbocycles. The molecule has 0 fully saturated rings. The van der Waals surface area contributed by atoms with Gasteiger partial charge in [0.1, 0.15) is 0 Å². The molecule has 1 atom stereocenters. The lowest BCUT2D eigenvalue weighted by atomic mass is 10.1. The van der Waals surface area contributed by atoms with Crippen molar-refractivity contribution >= 4 is 12.0 Å². The number of carbonyl (C=O) groups excluding carboxylic acids is 1. The molecule has 0 aromatic heterocycles. The maximum Gasteiger partial charge on any atom is 0.244 e. The number of amides is 1. The zero-order valence-electron chi connectivity index (χ0n) is 13.8. The number of benzene rings is 2. The molecule has 0 unspecified atom stereocenters. The number of aryl methyl sites for hydroxylation is 1. The lowest BCUT2D eigenvalue weighted by molar-refractivity contribution is -0.117. The highest BCUT2D eigenvalue weighted by Crippen LogP contribution is 2.17. The van der Waals surface area contributed by atoms with Gasteiger partial charge < -0.3 is 15.2 Å². The molecule has 0 bridgehead atoms. The van der Waals surface area contributed by atoms with Crippen LogP contribution < -0.4 is 5.32 Å². The Morgan fingerprint density at radius 1 is 1.17 bits per heavy atom. The van der Waals surface area contributed by atoms with Crippen LogP contribution >= 0.6 is 0 Å². The highest BCUT2D eigenvalue weighted by atomic mass is 16.5. The molecule has 0 heterocycles. The molecule has 2 N–H and O–H groups in total. The fourth-order valence-electron chi connectivity index (χ4n) is 2.24. The number of carbonyl (C=O) groups is 1. The Kier molecular flexibility index (Phi) is 7.21. The van der Waals surface area contributed by atoms with Crippen LogP contribution in [0.5, 0.6) is 0 Å². The molecule has 0 aliphatic heterocycles. The quantitative estimate of drug-likeness (QED) is 0.734. The molecule has 2 aromatic rings. The molecule has 4 heteroatoms. The van der Waals surface area contributed by atoms with Gasteiger partial charge in [-0.2, -0.15) is 0 Å². The van der Waals surface area contributed by atoms with Crippen molar-refractivity contribution < 1.29 is 14.6 Å². The van der Waals surface area contributed by atoms with Crippen molar-refractivity contribution in [3.05, 3.63) is 77.4 Å². The Labute approximate surface area is 142 Å². The van der Waals surface area contributed by atoms with Gasteiger partial charge in [0.2, 0.25) is 5.91 Å². The SMILES string of the molecule is Cc1ccc([C@@H](CNC(=O)/C=C/c2ccccc2)OCCO)cc1. The van der Waals surface area contributed by atoms with Gasteiger partial charge in [0, 0.05) is 12.6 Å². The first kappa shape index (κ1) is 17.9. The van der Waals surface area contributed by atoms with E-state index < -0.39 is 0 Å². The van der Waals surface area contributed by atoms with E-state index in [4.69, 9.17) is 9.84 Å². The van der Waals surface area contributed by atoms with Crippen molar-refractivity contribution in [3.63, 3.8) is 0 Å². The minimum Gasteiger partial charge on any atom is -0.394 e. The minimum atomic E-state index is -0.285. The second-order valence-electron chi connectivity index (χ2n) is 5.48. The number of hydrogen-bond acceptors (Lipinski definition) is 3. The third-order valence-electron chi connectivity index (χ3n) is 3.55. The van der Waals surface area contributed by atoms with Gasteiger partial charge in [0.25, 0.3) is 0 Å². The Hall–Kier alpha value is -2.43. The van der Waals surface area contributed by atoms with E-state index in [0.717, 1.165) is 16.7 Å². The van der Waals surface area contributed by atoms with Crippen LogP contribution in [0.4, 0.5) is 0 Å². The minimum absolute atomic E-state index is 0.0514. The number of hydrogen-bond donors (Lipinski definition) is 2. The highest BCUT2D eigenvalue weighted by molar-refractivity contribution is 5.91. The number of ether oxygens (including phenoxy) is 1.